The topological polar surface area (TPSA) is 50.5 Å². The number of carbonyl (C=O) groups excluding carboxylic acids is 2. The molecule has 0 bridgehead atoms. The molecule has 0 atom stereocenters. The lowest BCUT2D eigenvalue weighted by molar-refractivity contribution is -0.123. The summed E-state index contributed by atoms with van der Waals surface area (Å²) in [6.45, 7) is -0.213. The Morgan fingerprint density at radius 2 is 2.09 bits per heavy atom. The molecular formula is C15H8BrClFNO3S. The summed E-state index contributed by atoms with van der Waals surface area (Å²) < 4.78 is 19.6. The average molecular weight is 417 g/mol. The van der Waals surface area contributed by atoms with Crippen molar-refractivity contribution in [2.45, 2.75) is 6.54 Å². The van der Waals surface area contributed by atoms with E-state index in [2.05, 4.69) is 15.9 Å². The summed E-state index contributed by atoms with van der Waals surface area (Å²) >= 11 is 9.88. The Hall–Kier alpha value is -1.57. The molecule has 0 unspecified atom stereocenters. The Balaban J connectivity index is 1.86. The predicted molar refractivity (Wildman–Crippen MR) is 89.3 cm³/mol. The molecule has 1 aliphatic rings. The summed E-state index contributed by atoms with van der Waals surface area (Å²) in [4.78, 5) is 25.6. The second kappa shape index (κ2) is 6.51. The minimum Gasteiger partial charge on any atom is -0.450 e. The third-order valence-electron chi connectivity index (χ3n) is 3.12. The molecule has 0 N–H and O–H groups in total. The third-order valence-corrected chi connectivity index (χ3v) is 4.81. The highest BCUT2D eigenvalue weighted by Crippen LogP contribution is 2.35. The molecule has 1 fully saturated rings. The maximum Gasteiger partial charge on any atom is 0.293 e. The van der Waals surface area contributed by atoms with Crippen LogP contribution >= 0.6 is 39.3 Å². The molecule has 2 heterocycles. The molecule has 2 amide bonds. The first kappa shape index (κ1) is 16.3. The molecule has 118 valence electrons. The van der Waals surface area contributed by atoms with Gasteiger partial charge in [0.1, 0.15) is 11.6 Å². The van der Waals surface area contributed by atoms with Crippen LogP contribution < -0.4 is 0 Å². The minimum absolute atomic E-state index is 0.110. The number of thioether (sulfide) groups is 1. The van der Waals surface area contributed by atoms with Gasteiger partial charge in [-0.1, -0.05) is 17.7 Å². The predicted octanol–water partition coefficient (Wildman–Crippen LogP) is 5.07. The fraction of sp³-hybridized carbons (Fsp3) is 0.0667. The molecule has 3 rings (SSSR count). The van der Waals surface area contributed by atoms with E-state index in [1.54, 1.807) is 12.1 Å². The fourth-order valence-electron chi connectivity index (χ4n) is 2.01. The van der Waals surface area contributed by atoms with E-state index in [0.29, 0.717) is 10.4 Å². The number of hydrogen-bond acceptors (Lipinski definition) is 4. The number of imide groups is 1. The van der Waals surface area contributed by atoms with Gasteiger partial charge in [-0.3, -0.25) is 14.5 Å². The lowest BCUT2D eigenvalue weighted by Crippen LogP contribution is -2.28. The standard InChI is InChI=1S/C15H8BrClFNO3S/c16-13-5-4-8(22-13)6-12-14(20)19(15(21)23-12)7-9-10(17)2-1-3-11(9)18/h1-6H,7H2/b12-6-. The monoisotopic (exact) mass is 415 g/mol. The zero-order chi connectivity index (χ0) is 16.6. The molecule has 1 aliphatic heterocycles. The Kier molecular flexibility index (Phi) is 4.61. The molecular weight excluding hydrogens is 409 g/mol. The van der Waals surface area contributed by atoms with Gasteiger partial charge in [0.2, 0.25) is 0 Å². The highest BCUT2D eigenvalue weighted by atomic mass is 79.9. The van der Waals surface area contributed by atoms with Crippen molar-refractivity contribution >= 4 is 56.5 Å². The molecule has 0 spiro atoms. The molecule has 1 aromatic heterocycles. The van der Waals surface area contributed by atoms with E-state index < -0.39 is 17.0 Å². The van der Waals surface area contributed by atoms with Gasteiger partial charge < -0.3 is 4.42 Å². The van der Waals surface area contributed by atoms with Crippen LogP contribution in [0.2, 0.25) is 5.02 Å². The van der Waals surface area contributed by atoms with Crippen LogP contribution in [0.25, 0.3) is 6.08 Å². The Morgan fingerprint density at radius 3 is 2.74 bits per heavy atom. The van der Waals surface area contributed by atoms with Crippen LogP contribution in [0.15, 0.2) is 44.3 Å². The average Bonchev–Trinajstić information content (AvgIpc) is 3.01. The number of carbonyl (C=O) groups is 2. The van der Waals surface area contributed by atoms with E-state index in [1.165, 1.54) is 24.3 Å². The quantitative estimate of drug-likeness (QED) is 0.655. The van der Waals surface area contributed by atoms with Gasteiger partial charge in [-0.15, -0.1) is 0 Å². The van der Waals surface area contributed by atoms with Gasteiger partial charge in [-0.2, -0.15) is 0 Å². The first-order chi connectivity index (χ1) is 11.0. The van der Waals surface area contributed by atoms with Crippen molar-refractivity contribution in [3.63, 3.8) is 0 Å². The minimum atomic E-state index is -0.560. The Labute approximate surface area is 148 Å². The van der Waals surface area contributed by atoms with E-state index in [0.717, 1.165) is 16.7 Å². The van der Waals surface area contributed by atoms with Gasteiger partial charge in [0.15, 0.2) is 4.67 Å². The van der Waals surface area contributed by atoms with Gasteiger partial charge in [0.05, 0.1) is 11.4 Å². The van der Waals surface area contributed by atoms with Crippen LogP contribution in [0.4, 0.5) is 9.18 Å². The van der Waals surface area contributed by atoms with Crippen LogP contribution in [0.5, 0.6) is 0 Å². The SMILES string of the molecule is O=C1S/C(=C\c2ccc(Br)o2)C(=O)N1Cc1c(F)cccc1Cl. The highest BCUT2D eigenvalue weighted by Gasteiger charge is 2.36. The van der Waals surface area contributed by atoms with Crippen molar-refractivity contribution in [3.8, 4) is 0 Å². The van der Waals surface area contributed by atoms with Gasteiger partial charge in [-0.25, -0.2) is 4.39 Å². The van der Waals surface area contributed by atoms with Crippen LogP contribution in [-0.2, 0) is 11.3 Å². The van der Waals surface area contributed by atoms with E-state index in [4.69, 9.17) is 16.0 Å². The molecule has 8 heteroatoms. The summed E-state index contributed by atoms with van der Waals surface area (Å²) in [5.41, 5.74) is 0.110. The van der Waals surface area contributed by atoms with Crippen LogP contribution in [0.1, 0.15) is 11.3 Å². The van der Waals surface area contributed by atoms with Crippen molar-refractivity contribution in [2.24, 2.45) is 0 Å². The van der Waals surface area contributed by atoms with Gasteiger partial charge >= 0.3 is 0 Å². The Bertz CT molecular complexity index is 816. The molecule has 0 aliphatic carbocycles. The lowest BCUT2D eigenvalue weighted by atomic mass is 10.2. The van der Waals surface area contributed by atoms with E-state index in [9.17, 15) is 14.0 Å². The van der Waals surface area contributed by atoms with Crippen molar-refractivity contribution in [2.75, 3.05) is 0 Å². The van der Waals surface area contributed by atoms with Crippen molar-refractivity contribution in [1.82, 2.24) is 4.90 Å². The van der Waals surface area contributed by atoms with Gasteiger partial charge in [0, 0.05) is 16.7 Å². The second-order valence-electron chi connectivity index (χ2n) is 4.61. The smallest absolute Gasteiger partial charge is 0.293 e. The van der Waals surface area contributed by atoms with Crippen molar-refractivity contribution in [1.29, 1.82) is 0 Å². The highest BCUT2D eigenvalue weighted by molar-refractivity contribution is 9.10. The van der Waals surface area contributed by atoms with E-state index >= 15 is 0 Å². The molecule has 23 heavy (non-hydrogen) atoms. The molecule has 2 aromatic rings. The lowest BCUT2D eigenvalue weighted by Gasteiger charge is -2.14. The van der Waals surface area contributed by atoms with Crippen molar-refractivity contribution in [3.05, 3.63) is 62.1 Å². The molecule has 0 radical (unpaired) electrons. The van der Waals surface area contributed by atoms with Gasteiger partial charge in [-0.05, 0) is 52.0 Å². The number of rotatable bonds is 3. The first-order valence-electron chi connectivity index (χ1n) is 6.39. The molecule has 4 nitrogen and oxygen atoms in total. The fourth-order valence-corrected chi connectivity index (χ4v) is 3.37. The van der Waals surface area contributed by atoms with E-state index in [-0.39, 0.29) is 22.0 Å². The molecule has 1 aromatic carbocycles. The number of nitrogens with zero attached hydrogens (tertiary/aromatic N) is 1. The van der Waals surface area contributed by atoms with E-state index in [1.807, 2.05) is 0 Å². The number of benzene rings is 1. The van der Waals surface area contributed by atoms with Crippen LogP contribution in [0, 0.1) is 5.82 Å². The zero-order valence-electron chi connectivity index (χ0n) is 11.4. The van der Waals surface area contributed by atoms with Crippen molar-refractivity contribution < 1.29 is 18.4 Å². The first-order valence-corrected chi connectivity index (χ1v) is 8.38. The van der Waals surface area contributed by atoms with Crippen LogP contribution in [-0.4, -0.2) is 16.0 Å². The molecule has 0 saturated carbocycles. The number of halogens is 3. The summed E-state index contributed by atoms with van der Waals surface area (Å²) in [5.74, 6) is -0.631. The number of furan rings is 1. The number of amides is 2. The molecule has 1 saturated heterocycles. The summed E-state index contributed by atoms with van der Waals surface area (Å²) in [6, 6.07) is 7.54. The zero-order valence-corrected chi connectivity index (χ0v) is 14.5. The van der Waals surface area contributed by atoms with Gasteiger partial charge in [0.25, 0.3) is 11.1 Å². The number of hydrogen-bond donors (Lipinski definition) is 0. The van der Waals surface area contributed by atoms with Crippen LogP contribution in [0.3, 0.4) is 0 Å². The summed E-state index contributed by atoms with van der Waals surface area (Å²) in [5, 5.41) is -0.311. The maximum absolute atomic E-state index is 13.8. The summed E-state index contributed by atoms with van der Waals surface area (Å²) in [6.07, 6.45) is 1.47. The maximum atomic E-state index is 13.8. The largest absolute Gasteiger partial charge is 0.450 e. The summed E-state index contributed by atoms with van der Waals surface area (Å²) in [7, 11) is 0. The Morgan fingerprint density at radius 1 is 1.30 bits per heavy atom. The third kappa shape index (κ3) is 3.36. The second-order valence-corrected chi connectivity index (χ2v) is 6.79. The normalized spacial score (nSPS) is 16.7.